The molecule has 2 atom stereocenters. The maximum Gasteiger partial charge on any atom is 0.162 e. The van der Waals surface area contributed by atoms with Crippen molar-refractivity contribution in [1.82, 2.24) is 5.32 Å². The van der Waals surface area contributed by atoms with Gasteiger partial charge in [0.25, 0.3) is 0 Å². The topological polar surface area (TPSA) is 12.0 Å². The van der Waals surface area contributed by atoms with Crippen LogP contribution in [-0.4, -0.2) is 6.54 Å². The van der Waals surface area contributed by atoms with Gasteiger partial charge in [0.05, 0.1) is 0 Å². The van der Waals surface area contributed by atoms with Crippen LogP contribution < -0.4 is 5.32 Å². The van der Waals surface area contributed by atoms with E-state index >= 15 is 0 Å². The molecule has 3 heteroatoms. The van der Waals surface area contributed by atoms with E-state index in [-0.39, 0.29) is 12.0 Å². The standard InChI is InChI=1S/C18H19F2N/c1-2-21-18-14(10-12-6-3-4-8-15(12)18)11-13-7-5-9-16(19)17(13)20/h3-9,14,18,21H,2,10-11H2,1H3. The summed E-state index contributed by atoms with van der Waals surface area (Å²) in [7, 11) is 0. The minimum atomic E-state index is -0.761. The Morgan fingerprint density at radius 2 is 1.90 bits per heavy atom. The van der Waals surface area contributed by atoms with Crippen LogP contribution in [0.1, 0.15) is 29.7 Å². The smallest absolute Gasteiger partial charge is 0.162 e. The van der Waals surface area contributed by atoms with E-state index in [9.17, 15) is 8.78 Å². The Morgan fingerprint density at radius 3 is 2.71 bits per heavy atom. The number of hydrogen-bond acceptors (Lipinski definition) is 1. The van der Waals surface area contributed by atoms with Crippen LogP contribution in [0.5, 0.6) is 0 Å². The number of nitrogens with one attached hydrogen (secondary N) is 1. The summed E-state index contributed by atoms with van der Waals surface area (Å²) in [6.07, 6.45) is 1.46. The van der Waals surface area contributed by atoms with Gasteiger partial charge in [-0.2, -0.15) is 0 Å². The van der Waals surface area contributed by atoms with Gasteiger partial charge in [0, 0.05) is 6.04 Å². The van der Waals surface area contributed by atoms with Gasteiger partial charge in [-0.25, -0.2) is 8.78 Å². The van der Waals surface area contributed by atoms with E-state index in [1.165, 1.54) is 17.2 Å². The van der Waals surface area contributed by atoms with Gasteiger partial charge in [-0.05, 0) is 48.1 Å². The van der Waals surface area contributed by atoms with Crippen molar-refractivity contribution in [2.24, 2.45) is 5.92 Å². The third kappa shape index (κ3) is 2.70. The Morgan fingerprint density at radius 1 is 1.10 bits per heavy atom. The molecule has 1 N–H and O–H groups in total. The van der Waals surface area contributed by atoms with Crippen LogP contribution in [0.25, 0.3) is 0 Å². The van der Waals surface area contributed by atoms with E-state index in [0.717, 1.165) is 13.0 Å². The highest BCUT2D eigenvalue weighted by atomic mass is 19.2. The minimum absolute atomic E-state index is 0.217. The van der Waals surface area contributed by atoms with Crippen molar-refractivity contribution in [1.29, 1.82) is 0 Å². The average molecular weight is 287 g/mol. The lowest BCUT2D eigenvalue weighted by Gasteiger charge is -2.21. The fourth-order valence-electron chi connectivity index (χ4n) is 3.35. The van der Waals surface area contributed by atoms with Crippen LogP contribution in [0.15, 0.2) is 42.5 Å². The van der Waals surface area contributed by atoms with Gasteiger partial charge in [-0.1, -0.05) is 43.3 Å². The lowest BCUT2D eigenvalue weighted by Crippen LogP contribution is -2.26. The molecule has 0 aromatic heterocycles. The van der Waals surface area contributed by atoms with Gasteiger partial charge in [0.1, 0.15) is 0 Å². The second-order valence-electron chi connectivity index (χ2n) is 5.62. The number of rotatable bonds is 4. The van der Waals surface area contributed by atoms with Crippen LogP contribution in [0.4, 0.5) is 8.78 Å². The molecule has 2 aromatic rings. The van der Waals surface area contributed by atoms with Gasteiger partial charge in [-0.15, -0.1) is 0 Å². The zero-order chi connectivity index (χ0) is 14.8. The van der Waals surface area contributed by atoms with E-state index in [1.807, 2.05) is 12.1 Å². The van der Waals surface area contributed by atoms with Crippen molar-refractivity contribution in [3.05, 3.63) is 70.8 Å². The Balaban J connectivity index is 1.87. The molecule has 1 nitrogen and oxygen atoms in total. The molecule has 1 aliphatic rings. The van der Waals surface area contributed by atoms with Crippen molar-refractivity contribution in [3.63, 3.8) is 0 Å². The maximum atomic E-state index is 13.9. The second kappa shape index (κ2) is 5.94. The van der Waals surface area contributed by atoms with Crippen molar-refractivity contribution >= 4 is 0 Å². The largest absolute Gasteiger partial charge is 0.310 e. The van der Waals surface area contributed by atoms with Crippen molar-refractivity contribution in [2.45, 2.75) is 25.8 Å². The van der Waals surface area contributed by atoms with Gasteiger partial charge < -0.3 is 5.32 Å². The summed E-state index contributed by atoms with van der Waals surface area (Å²) in [4.78, 5) is 0. The van der Waals surface area contributed by atoms with E-state index in [0.29, 0.717) is 12.0 Å². The van der Waals surface area contributed by atoms with Crippen LogP contribution in [0.2, 0.25) is 0 Å². The molecule has 0 saturated carbocycles. The average Bonchev–Trinajstić information content (AvgIpc) is 2.82. The monoisotopic (exact) mass is 287 g/mol. The first-order chi connectivity index (χ1) is 10.2. The summed E-state index contributed by atoms with van der Waals surface area (Å²) in [5, 5.41) is 3.49. The second-order valence-corrected chi connectivity index (χ2v) is 5.62. The van der Waals surface area contributed by atoms with E-state index in [1.54, 1.807) is 12.1 Å². The molecule has 0 saturated heterocycles. The van der Waals surface area contributed by atoms with Gasteiger partial charge >= 0.3 is 0 Å². The molecule has 0 aliphatic heterocycles. The van der Waals surface area contributed by atoms with E-state index in [4.69, 9.17) is 0 Å². The van der Waals surface area contributed by atoms with Crippen LogP contribution in [0, 0.1) is 17.6 Å². The molecule has 2 unspecified atom stereocenters. The number of benzene rings is 2. The summed E-state index contributed by atoms with van der Waals surface area (Å²) in [6, 6.07) is 13.0. The van der Waals surface area contributed by atoms with Crippen molar-refractivity contribution in [3.8, 4) is 0 Å². The first kappa shape index (κ1) is 14.2. The molecule has 3 rings (SSSR count). The Hall–Kier alpha value is -1.74. The van der Waals surface area contributed by atoms with E-state index in [2.05, 4.69) is 24.4 Å². The zero-order valence-electron chi connectivity index (χ0n) is 12.1. The molecule has 21 heavy (non-hydrogen) atoms. The summed E-state index contributed by atoms with van der Waals surface area (Å²) in [5.74, 6) is -1.20. The molecule has 0 spiro atoms. The summed E-state index contributed by atoms with van der Waals surface area (Å²) in [6.45, 7) is 2.93. The van der Waals surface area contributed by atoms with Crippen LogP contribution in [0.3, 0.4) is 0 Å². The van der Waals surface area contributed by atoms with Crippen molar-refractivity contribution < 1.29 is 8.78 Å². The van der Waals surface area contributed by atoms with Crippen molar-refractivity contribution in [2.75, 3.05) is 6.54 Å². The quantitative estimate of drug-likeness (QED) is 0.895. The fraction of sp³-hybridized carbons (Fsp3) is 0.333. The molecule has 0 fully saturated rings. The molecular weight excluding hydrogens is 268 g/mol. The molecule has 0 bridgehead atoms. The summed E-state index contributed by atoms with van der Waals surface area (Å²) < 4.78 is 27.3. The summed E-state index contributed by atoms with van der Waals surface area (Å²) >= 11 is 0. The molecule has 0 heterocycles. The molecular formula is C18H19F2N. The first-order valence-electron chi connectivity index (χ1n) is 7.44. The minimum Gasteiger partial charge on any atom is -0.310 e. The number of halogens is 2. The molecule has 1 aliphatic carbocycles. The van der Waals surface area contributed by atoms with E-state index < -0.39 is 11.6 Å². The SMILES string of the molecule is CCNC1c2ccccc2CC1Cc1cccc(F)c1F. The van der Waals surface area contributed by atoms with Crippen LogP contribution >= 0.6 is 0 Å². The third-order valence-corrected chi connectivity index (χ3v) is 4.28. The summed E-state index contributed by atoms with van der Waals surface area (Å²) in [5.41, 5.74) is 3.07. The highest BCUT2D eigenvalue weighted by Gasteiger charge is 2.32. The highest BCUT2D eigenvalue weighted by Crippen LogP contribution is 2.38. The number of fused-ring (bicyclic) bond motifs is 1. The molecule has 0 radical (unpaired) electrons. The Kier molecular flexibility index (Phi) is 4.02. The third-order valence-electron chi connectivity index (χ3n) is 4.28. The number of hydrogen-bond donors (Lipinski definition) is 1. The van der Waals surface area contributed by atoms with Gasteiger partial charge in [0.15, 0.2) is 11.6 Å². The highest BCUT2D eigenvalue weighted by molar-refractivity contribution is 5.36. The van der Waals surface area contributed by atoms with Crippen LogP contribution in [-0.2, 0) is 12.8 Å². The van der Waals surface area contributed by atoms with Gasteiger partial charge in [-0.3, -0.25) is 0 Å². The maximum absolute atomic E-state index is 13.9. The molecule has 2 aromatic carbocycles. The predicted octanol–water partition coefficient (Wildman–Crippen LogP) is 4.03. The van der Waals surface area contributed by atoms with Gasteiger partial charge in [0.2, 0.25) is 0 Å². The normalized spacial score (nSPS) is 20.5. The lowest BCUT2D eigenvalue weighted by atomic mass is 9.92. The first-order valence-corrected chi connectivity index (χ1v) is 7.44. The fourth-order valence-corrected chi connectivity index (χ4v) is 3.35. The Bertz CT molecular complexity index is 639. The Labute approximate surface area is 124 Å². The predicted molar refractivity (Wildman–Crippen MR) is 80.1 cm³/mol. The molecule has 110 valence electrons. The molecule has 0 amide bonds. The zero-order valence-corrected chi connectivity index (χ0v) is 12.1. The lowest BCUT2D eigenvalue weighted by molar-refractivity contribution is 0.385.